The summed E-state index contributed by atoms with van der Waals surface area (Å²) >= 11 is 0. The molecule has 0 unspecified atom stereocenters. The van der Waals surface area contributed by atoms with Gasteiger partial charge in [-0.1, -0.05) is 43.3 Å². The maximum atomic E-state index is 13.1. The third kappa shape index (κ3) is 3.12. The summed E-state index contributed by atoms with van der Waals surface area (Å²) in [5, 5.41) is 7.67. The number of rotatable bonds is 3. The Kier molecular flexibility index (Phi) is 4.29. The highest BCUT2D eigenvalue weighted by Crippen LogP contribution is 2.34. The van der Waals surface area contributed by atoms with E-state index in [0.29, 0.717) is 5.56 Å². The molecule has 4 rings (SSSR count). The van der Waals surface area contributed by atoms with Crippen molar-refractivity contribution in [3.63, 3.8) is 0 Å². The van der Waals surface area contributed by atoms with Crippen molar-refractivity contribution in [2.24, 2.45) is 0 Å². The summed E-state index contributed by atoms with van der Waals surface area (Å²) in [4.78, 5) is 15.1. The largest absolute Gasteiger partial charge is 0.338 e. The van der Waals surface area contributed by atoms with Crippen molar-refractivity contribution < 1.29 is 4.79 Å². The molecule has 0 N–H and O–H groups in total. The number of carbonyl (C=O) groups excluding carboxylic acids is 1. The lowest BCUT2D eigenvalue weighted by molar-refractivity contribution is 0.0651. The van der Waals surface area contributed by atoms with Crippen molar-refractivity contribution in [2.75, 3.05) is 13.1 Å². The molecular weight excluding hydrogens is 324 g/mol. The Morgan fingerprint density at radius 2 is 1.81 bits per heavy atom. The molecular formula is C21H22N4O. The average Bonchev–Trinajstić information content (AvgIpc) is 3.23. The highest BCUT2D eigenvalue weighted by atomic mass is 16.2. The summed E-state index contributed by atoms with van der Waals surface area (Å²) in [6.45, 7) is 3.81. The molecule has 132 valence electrons. The van der Waals surface area contributed by atoms with E-state index in [0.717, 1.165) is 31.6 Å². The van der Waals surface area contributed by atoms with Gasteiger partial charge in [0, 0.05) is 29.8 Å². The number of hydrogen-bond donors (Lipinski definition) is 0. The fourth-order valence-corrected chi connectivity index (χ4v) is 3.81. The van der Waals surface area contributed by atoms with Crippen LogP contribution < -0.4 is 0 Å². The minimum absolute atomic E-state index is 0.00104. The van der Waals surface area contributed by atoms with E-state index in [-0.39, 0.29) is 11.3 Å². The van der Waals surface area contributed by atoms with E-state index in [1.54, 1.807) is 17.2 Å². The number of piperidine rings is 1. The summed E-state index contributed by atoms with van der Waals surface area (Å²) in [5.41, 5.74) is 2.90. The van der Waals surface area contributed by atoms with Gasteiger partial charge in [0.05, 0.1) is 0 Å². The van der Waals surface area contributed by atoms with Gasteiger partial charge < -0.3 is 4.90 Å². The molecule has 5 heteroatoms. The Labute approximate surface area is 153 Å². The second kappa shape index (κ2) is 6.75. The Morgan fingerprint density at radius 3 is 2.58 bits per heavy atom. The second-order valence-corrected chi connectivity index (χ2v) is 7.18. The van der Waals surface area contributed by atoms with E-state index in [9.17, 15) is 4.79 Å². The summed E-state index contributed by atoms with van der Waals surface area (Å²) in [7, 11) is 0. The van der Waals surface area contributed by atoms with Gasteiger partial charge in [-0.3, -0.25) is 9.36 Å². The van der Waals surface area contributed by atoms with E-state index in [4.69, 9.17) is 0 Å². The normalized spacial score (nSPS) is 20.1. The zero-order valence-corrected chi connectivity index (χ0v) is 14.9. The smallest absolute Gasteiger partial charge is 0.253 e. The molecule has 1 amide bonds. The molecule has 1 aromatic heterocycles. The van der Waals surface area contributed by atoms with Crippen LogP contribution in [0.1, 0.15) is 35.7 Å². The monoisotopic (exact) mass is 346 g/mol. The fourth-order valence-electron chi connectivity index (χ4n) is 3.81. The Balaban J connectivity index is 1.58. The first-order valence-electron chi connectivity index (χ1n) is 8.96. The van der Waals surface area contributed by atoms with Crippen LogP contribution in [0.2, 0.25) is 0 Å². The van der Waals surface area contributed by atoms with Crippen LogP contribution in [-0.2, 0) is 5.41 Å². The number of benzene rings is 2. The predicted molar refractivity (Wildman–Crippen MR) is 100 cm³/mol. The summed E-state index contributed by atoms with van der Waals surface area (Å²) < 4.78 is 1.81. The van der Waals surface area contributed by atoms with Crippen LogP contribution in [0.5, 0.6) is 0 Å². The predicted octanol–water partition coefficient (Wildman–Crippen LogP) is 3.46. The van der Waals surface area contributed by atoms with Crippen molar-refractivity contribution in [2.45, 2.75) is 25.2 Å². The maximum absolute atomic E-state index is 13.1. The lowest BCUT2D eigenvalue weighted by Crippen LogP contribution is -2.47. The van der Waals surface area contributed by atoms with E-state index >= 15 is 0 Å². The molecule has 2 heterocycles. The molecule has 0 radical (unpaired) electrons. The third-order valence-corrected chi connectivity index (χ3v) is 5.26. The number of aromatic nitrogens is 3. The lowest BCUT2D eigenvalue weighted by Gasteiger charge is -2.41. The number of likely N-dealkylation sites (tertiary alicyclic amines) is 1. The first-order valence-corrected chi connectivity index (χ1v) is 8.96. The maximum Gasteiger partial charge on any atom is 0.253 e. The number of hydrogen-bond acceptors (Lipinski definition) is 3. The molecule has 26 heavy (non-hydrogen) atoms. The number of carbonyl (C=O) groups is 1. The zero-order chi connectivity index (χ0) is 18.0. The molecule has 1 saturated heterocycles. The quantitative estimate of drug-likeness (QED) is 0.730. The Morgan fingerprint density at radius 1 is 1.04 bits per heavy atom. The van der Waals surface area contributed by atoms with E-state index in [1.807, 2.05) is 35.2 Å². The number of nitrogens with zero attached hydrogens (tertiary/aromatic N) is 4. The van der Waals surface area contributed by atoms with Crippen molar-refractivity contribution in [1.29, 1.82) is 0 Å². The second-order valence-electron chi connectivity index (χ2n) is 7.18. The van der Waals surface area contributed by atoms with Crippen LogP contribution >= 0.6 is 0 Å². The molecule has 3 aromatic rings. The van der Waals surface area contributed by atoms with Gasteiger partial charge in [0.1, 0.15) is 12.7 Å². The van der Waals surface area contributed by atoms with Crippen LogP contribution in [0.15, 0.2) is 67.3 Å². The van der Waals surface area contributed by atoms with Crippen LogP contribution in [0.25, 0.3) is 5.69 Å². The van der Waals surface area contributed by atoms with Gasteiger partial charge in [-0.15, -0.1) is 10.2 Å². The fraction of sp³-hybridized carbons (Fsp3) is 0.286. The minimum atomic E-state index is 0.00104. The zero-order valence-electron chi connectivity index (χ0n) is 14.9. The molecule has 1 aliphatic heterocycles. The third-order valence-electron chi connectivity index (χ3n) is 5.26. The van der Waals surface area contributed by atoms with E-state index in [1.165, 1.54) is 5.56 Å². The molecule has 0 spiro atoms. The molecule has 5 nitrogen and oxygen atoms in total. The van der Waals surface area contributed by atoms with Gasteiger partial charge in [0.15, 0.2) is 0 Å². The van der Waals surface area contributed by atoms with Crippen LogP contribution in [0.3, 0.4) is 0 Å². The van der Waals surface area contributed by atoms with Crippen molar-refractivity contribution >= 4 is 5.91 Å². The highest BCUT2D eigenvalue weighted by molar-refractivity contribution is 5.95. The van der Waals surface area contributed by atoms with Crippen molar-refractivity contribution in [3.8, 4) is 5.69 Å². The van der Waals surface area contributed by atoms with Gasteiger partial charge in [-0.25, -0.2) is 0 Å². The summed E-state index contributed by atoms with van der Waals surface area (Å²) in [6, 6.07) is 18.2. The first kappa shape index (κ1) is 16.5. The molecule has 0 saturated carbocycles. The minimum Gasteiger partial charge on any atom is -0.338 e. The van der Waals surface area contributed by atoms with Gasteiger partial charge in [-0.05, 0) is 36.6 Å². The summed E-state index contributed by atoms with van der Waals surface area (Å²) in [5.74, 6) is 0.0850. The highest BCUT2D eigenvalue weighted by Gasteiger charge is 2.34. The molecule has 1 aliphatic rings. The SMILES string of the molecule is C[C@@]1(c2ccccc2)CCCN(C(=O)c2cccc(-n3cnnc3)c2)C1. The molecule has 1 fully saturated rings. The molecule has 0 aliphatic carbocycles. The van der Waals surface area contributed by atoms with Gasteiger partial charge in [-0.2, -0.15) is 0 Å². The Bertz CT molecular complexity index is 891. The first-order chi connectivity index (χ1) is 12.7. The van der Waals surface area contributed by atoms with Gasteiger partial charge >= 0.3 is 0 Å². The van der Waals surface area contributed by atoms with Crippen molar-refractivity contribution in [1.82, 2.24) is 19.7 Å². The molecule has 1 atom stereocenters. The lowest BCUT2D eigenvalue weighted by atomic mass is 9.76. The van der Waals surface area contributed by atoms with Gasteiger partial charge in [0.2, 0.25) is 0 Å². The standard InChI is InChI=1S/C21H22N4O/c1-21(18-8-3-2-4-9-18)11-6-12-24(14-21)20(26)17-7-5-10-19(13-17)25-15-22-23-16-25/h2-5,7-10,13,15-16H,6,11-12,14H2,1H3/t21-/m1/s1. The molecule has 2 aromatic carbocycles. The average molecular weight is 346 g/mol. The molecule has 0 bridgehead atoms. The number of amides is 1. The van der Waals surface area contributed by atoms with Crippen LogP contribution in [-0.4, -0.2) is 38.7 Å². The van der Waals surface area contributed by atoms with E-state index < -0.39 is 0 Å². The van der Waals surface area contributed by atoms with Crippen LogP contribution in [0, 0.1) is 0 Å². The Hall–Kier alpha value is -2.95. The van der Waals surface area contributed by atoms with E-state index in [2.05, 4.69) is 41.4 Å². The summed E-state index contributed by atoms with van der Waals surface area (Å²) in [6.07, 6.45) is 5.39. The van der Waals surface area contributed by atoms with Crippen LogP contribution in [0.4, 0.5) is 0 Å². The van der Waals surface area contributed by atoms with Gasteiger partial charge in [0.25, 0.3) is 5.91 Å². The topological polar surface area (TPSA) is 51.0 Å². The van der Waals surface area contributed by atoms with Crippen molar-refractivity contribution in [3.05, 3.63) is 78.4 Å².